The van der Waals surface area contributed by atoms with Crippen LogP contribution in [0.3, 0.4) is 0 Å². The van der Waals surface area contributed by atoms with Gasteiger partial charge in [-0.05, 0) is 43.2 Å². The number of ether oxygens (including phenoxy) is 1. The summed E-state index contributed by atoms with van der Waals surface area (Å²) in [4.78, 5) is 49.7. The zero-order valence-corrected chi connectivity index (χ0v) is 15.0. The Morgan fingerprint density at radius 3 is 2.67 bits per heavy atom. The number of amides is 4. The lowest BCUT2D eigenvalue weighted by Gasteiger charge is -2.33. The first-order valence-electron chi connectivity index (χ1n) is 9.16. The highest BCUT2D eigenvalue weighted by Gasteiger charge is 2.53. The van der Waals surface area contributed by atoms with Gasteiger partial charge in [-0.3, -0.25) is 15.0 Å². The predicted molar refractivity (Wildman–Crippen MR) is 93.2 cm³/mol. The molecule has 0 unspecified atom stereocenters. The van der Waals surface area contributed by atoms with Crippen LogP contribution in [-0.2, 0) is 20.7 Å². The fourth-order valence-corrected chi connectivity index (χ4v) is 3.98. The second-order valence-corrected chi connectivity index (χ2v) is 7.57. The molecule has 8 heteroatoms. The van der Waals surface area contributed by atoms with E-state index in [2.05, 4.69) is 17.7 Å². The monoisotopic (exact) mass is 371 g/mol. The van der Waals surface area contributed by atoms with Crippen molar-refractivity contribution in [3.8, 4) is 0 Å². The van der Waals surface area contributed by atoms with Crippen LogP contribution in [-0.4, -0.2) is 40.5 Å². The van der Waals surface area contributed by atoms with Crippen molar-refractivity contribution in [2.75, 3.05) is 0 Å². The van der Waals surface area contributed by atoms with E-state index in [4.69, 9.17) is 4.74 Å². The molecule has 142 valence electrons. The van der Waals surface area contributed by atoms with Gasteiger partial charge < -0.3 is 10.1 Å². The van der Waals surface area contributed by atoms with Gasteiger partial charge in [0.2, 0.25) is 0 Å². The van der Waals surface area contributed by atoms with E-state index in [-0.39, 0.29) is 6.42 Å². The lowest BCUT2D eigenvalue weighted by Crippen LogP contribution is -2.54. The van der Waals surface area contributed by atoms with Crippen LogP contribution >= 0.6 is 0 Å². The molecule has 1 atom stereocenters. The van der Waals surface area contributed by atoms with Gasteiger partial charge in [0.1, 0.15) is 5.54 Å². The molecular formula is C19H21N3O5. The molecule has 1 aliphatic carbocycles. The van der Waals surface area contributed by atoms with Crippen molar-refractivity contribution in [3.05, 3.63) is 35.4 Å². The molecular weight excluding hydrogens is 350 g/mol. The van der Waals surface area contributed by atoms with Gasteiger partial charge in [0.05, 0.1) is 5.56 Å². The molecule has 0 radical (unpaired) electrons. The summed E-state index contributed by atoms with van der Waals surface area (Å²) < 4.78 is 5.19. The summed E-state index contributed by atoms with van der Waals surface area (Å²) >= 11 is 0. The van der Waals surface area contributed by atoms with E-state index in [1.807, 2.05) is 0 Å². The molecule has 4 amide bonds. The summed E-state index contributed by atoms with van der Waals surface area (Å²) in [7, 11) is 0. The molecule has 1 aromatic rings. The van der Waals surface area contributed by atoms with Gasteiger partial charge in [0.25, 0.3) is 11.8 Å². The molecule has 3 aliphatic rings. The third kappa shape index (κ3) is 2.94. The van der Waals surface area contributed by atoms with Gasteiger partial charge in [-0.25, -0.2) is 9.59 Å². The van der Waals surface area contributed by atoms with E-state index >= 15 is 0 Å². The molecule has 1 spiro atoms. The second-order valence-electron chi connectivity index (χ2n) is 7.57. The van der Waals surface area contributed by atoms with Crippen LogP contribution in [0.5, 0.6) is 0 Å². The van der Waals surface area contributed by atoms with Gasteiger partial charge in [-0.15, -0.1) is 0 Å². The number of cyclic esters (lactones) is 1. The third-order valence-electron chi connectivity index (χ3n) is 5.70. The standard InChI is InChI=1S/C19H21N3O5/c1-11-6-8-19(9-7-11)17(25)22(18(26)20-19)21-15(23)14-10-12-4-2-3-5-13(12)16(24)27-14/h2-5,11,14H,6-10H2,1H3,(H,20,26)(H,21,23)/t11?,14-,19?/m1/s1. The third-order valence-corrected chi connectivity index (χ3v) is 5.70. The topological polar surface area (TPSA) is 105 Å². The Kier molecular flexibility index (Phi) is 4.13. The fourth-order valence-electron chi connectivity index (χ4n) is 3.98. The van der Waals surface area contributed by atoms with Crippen molar-refractivity contribution < 1.29 is 23.9 Å². The number of esters is 1. The van der Waals surface area contributed by atoms with Crippen molar-refractivity contribution in [2.24, 2.45) is 5.92 Å². The minimum atomic E-state index is -1.09. The largest absolute Gasteiger partial charge is 0.448 e. The first-order valence-corrected chi connectivity index (χ1v) is 9.16. The smallest absolute Gasteiger partial charge is 0.344 e. The number of fused-ring (bicyclic) bond motifs is 1. The van der Waals surface area contributed by atoms with Crippen molar-refractivity contribution in [1.29, 1.82) is 0 Å². The van der Waals surface area contributed by atoms with Crippen LogP contribution in [0.1, 0.15) is 48.5 Å². The van der Waals surface area contributed by atoms with E-state index in [1.165, 1.54) is 0 Å². The number of hydrazine groups is 1. The molecule has 2 aliphatic heterocycles. The van der Waals surface area contributed by atoms with Crippen molar-refractivity contribution >= 4 is 23.8 Å². The summed E-state index contributed by atoms with van der Waals surface area (Å²) in [6, 6.07) is 6.24. The Morgan fingerprint density at radius 1 is 1.22 bits per heavy atom. The van der Waals surface area contributed by atoms with Crippen LogP contribution in [0.15, 0.2) is 24.3 Å². The number of carbonyl (C=O) groups excluding carboxylic acids is 4. The van der Waals surface area contributed by atoms with Gasteiger partial charge in [0, 0.05) is 6.42 Å². The number of benzene rings is 1. The second kappa shape index (κ2) is 6.37. The van der Waals surface area contributed by atoms with Gasteiger partial charge >= 0.3 is 12.0 Å². The molecule has 1 aromatic carbocycles. The Labute approximate surface area is 156 Å². The summed E-state index contributed by atoms with van der Waals surface area (Å²) in [5.41, 5.74) is 2.52. The molecule has 1 saturated carbocycles. The molecule has 0 bridgehead atoms. The highest BCUT2D eigenvalue weighted by molar-refractivity contribution is 6.08. The molecule has 1 saturated heterocycles. The van der Waals surface area contributed by atoms with Crippen LogP contribution in [0.2, 0.25) is 0 Å². The van der Waals surface area contributed by atoms with E-state index < -0.39 is 35.5 Å². The van der Waals surface area contributed by atoms with E-state index in [0.29, 0.717) is 29.9 Å². The first-order chi connectivity index (χ1) is 12.9. The Bertz CT molecular complexity index is 828. The zero-order valence-electron chi connectivity index (χ0n) is 15.0. The average molecular weight is 371 g/mol. The van der Waals surface area contributed by atoms with Crippen LogP contribution in [0.4, 0.5) is 4.79 Å². The number of rotatable bonds is 2. The molecule has 2 fully saturated rings. The van der Waals surface area contributed by atoms with Gasteiger partial charge in [-0.2, -0.15) is 5.01 Å². The minimum absolute atomic E-state index is 0.194. The van der Waals surface area contributed by atoms with Crippen LogP contribution in [0.25, 0.3) is 0 Å². The van der Waals surface area contributed by atoms with E-state index in [1.54, 1.807) is 24.3 Å². The first kappa shape index (κ1) is 17.5. The Hall–Kier alpha value is -2.90. The number of imide groups is 1. The molecule has 2 heterocycles. The molecule has 0 aromatic heterocycles. The summed E-state index contributed by atoms with van der Waals surface area (Å²) in [5.74, 6) is -1.23. The van der Waals surface area contributed by atoms with Crippen molar-refractivity contribution in [1.82, 2.24) is 15.8 Å². The molecule has 4 rings (SSSR count). The maximum Gasteiger partial charge on any atom is 0.344 e. The lowest BCUT2D eigenvalue weighted by atomic mass is 9.77. The van der Waals surface area contributed by atoms with Gasteiger partial charge in [0.15, 0.2) is 6.10 Å². The Balaban J connectivity index is 1.46. The highest BCUT2D eigenvalue weighted by Crippen LogP contribution is 2.35. The Morgan fingerprint density at radius 2 is 1.93 bits per heavy atom. The quantitative estimate of drug-likeness (QED) is 0.602. The molecule has 27 heavy (non-hydrogen) atoms. The zero-order chi connectivity index (χ0) is 19.2. The summed E-state index contributed by atoms with van der Waals surface area (Å²) in [6.45, 7) is 2.11. The SMILES string of the molecule is CC1CCC2(CC1)NC(=O)N(NC(=O)[C@H]1Cc3ccccc3C(=O)O1)C2=O. The fraction of sp³-hybridized carbons (Fsp3) is 0.474. The number of hydrogen-bond donors (Lipinski definition) is 2. The maximum atomic E-state index is 12.8. The van der Waals surface area contributed by atoms with Crippen molar-refractivity contribution in [3.63, 3.8) is 0 Å². The number of nitrogens with one attached hydrogen (secondary N) is 2. The van der Waals surface area contributed by atoms with Gasteiger partial charge in [-0.1, -0.05) is 25.1 Å². The summed E-state index contributed by atoms with van der Waals surface area (Å²) in [5, 5.41) is 3.47. The van der Waals surface area contributed by atoms with Crippen molar-refractivity contribution in [2.45, 2.75) is 50.7 Å². The molecule has 2 N–H and O–H groups in total. The van der Waals surface area contributed by atoms with E-state index in [9.17, 15) is 19.2 Å². The van der Waals surface area contributed by atoms with Crippen LogP contribution < -0.4 is 10.7 Å². The van der Waals surface area contributed by atoms with Crippen LogP contribution in [0, 0.1) is 5.92 Å². The minimum Gasteiger partial charge on any atom is -0.448 e. The average Bonchev–Trinajstić information content (AvgIpc) is 2.88. The highest BCUT2D eigenvalue weighted by atomic mass is 16.5. The predicted octanol–water partition coefficient (Wildman–Crippen LogP) is 1.30. The normalized spacial score (nSPS) is 30.0. The maximum absolute atomic E-state index is 12.8. The summed E-state index contributed by atoms with van der Waals surface area (Å²) in [6.07, 6.45) is 1.89. The number of carbonyl (C=O) groups is 4. The lowest BCUT2D eigenvalue weighted by molar-refractivity contribution is -0.143. The number of hydrogen-bond acceptors (Lipinski definition) is 5. The van der Waals surface area contributed by atoms with E-state index in [0.717, 1.165) is 17.9 Å². The number of nitrogens with zero attached hydrogens (tertiary/aromatic N) is 1. The number of urea groups is 1. The molecule has 8 nitrogen and oxygen atoms in total.